The first-order valence-electron chi connectivity index (χ1n) is 9.43. The SMILES string of the molecule is CCCCCCCCCCCC(=O)CCC[N+](C)(C)CC(=O)O. The number of unbranched alkanes of at least 4 members (excludes halogenated alkanes) is 8. The first-order chi connectivity index (χ1) is 10.9. The van der Waals surface area contributed by atoms with Gasteiger partial charge in [-0.15, -0.1) is 0 Å². The van der Waals surface area contributed by atoms with Crippen LogP contribution in [0, 0.1) is 0 Å². The summed E-state index contributed by atoms with van der Waals surface area (Å²) in [6, 6.07) is 0. The van der Waals surface area contributed by atoms with Gasteiger partial charge in [0.25, 0.3) is 0 Å². The second kappa shape index (κ2) is 13.5. The average Bonchev–Trinajstić information content (AvgIpc) is 2.44. The second-order valence-electron chi connectivity index (χ2n) is 7.43. The Labute approximate surface area is 142 Å². The van der Waals surface area contributed by atoms with E-state index in [-0.39, 0.29) is 6.54 Å². The van der Waals surface area contributed by atoms with Gasteiger partial charge in [-0.2, -0.15) is 0 Å². The molecule has 0 aromatic carbocycles. The lowest BCUT2D eigenvalue weighted by Gasteiger charge is -2.27. The number of rotatable bonds is 16. The average molecular weight is 329 g/mol. The van der Waals surface area contributed by atoms with Crippen LogP contribution in [0.5, 0.6) is 0 Å². The van der Waals surface area contributed by atoms with Crippen molar-refractivity contribution in [1.82, 2.24) is 0 Å². The minimum Gasteiger partial charge on any atom is -0.477 e. The van der Waals surface area contributed by atoms with Crippen molar-refractivity contribution in [2.75, 3.05) is 27.2 Å². The molecule has 0 saturated heterocycles. The monoisotopic (exact) mass is 328 g/mol. The van der Waals surface area contributed by atoms with Crippen molar-refractivity contribution < 1.29 is 19.2 Å². The summed E-state index contributed by atoms with van der Waals surface area (Å²) in [6.07, 6.45) is 13.5. The molecule has 0 atom stereocenters. The van der Waals surface area contributed by atoms with Crippen molar-refractivity contribution in [2.24, 2.45) is 0 Å². The van der Waals surface area contributed by atoms with Gasteiger partial charge in [0.15, 0.2) is 6.54 Å². The minimum atomic E-state index is -0.781. The van der Waals surface area contributed by atoms with E-state index >= 15 is 0 Å². The van der Waals surface area contributed by atoms with Crippen LogP contribution in [-0.4, -0.2) is 48.5 Å². The molecule has 4 heteroatoms. The molecular weight excluding hydrogens is 290 g/mol. The Morgan fingerprint density at radius 1 is 0.783 bits per heavy atom. The number of aliphatic carboxylic acids is 1. The normalized spacial score (nSPS) is 11.6. The zero-order valence-electron chi connectivity index (χ0n) is 15.6. The number of carboxylic acids is 1. The fourth-order valence-corrected chi connectivity index (χ4v) is 2.91. The van der Waals surface area contributed by atoms with Crippen LogP contribution in [0.15, 0.2) is 0 Å². The van der Waals surface area contributed by atoms with Crippen LogP contribution in [-0.2, 0) is 9.59 Å². The summed E-state index contributed by atoms with van der Waals surface area (Å²) < 4.78 is 0.445. The number of Topliss-reactive ketones (excluding diaryl/α,β-unsaturated/α-hetero) is 1. The lowest BCUT2D eigenvalue weighted by atomic mass is 10.0. The highest BCUT2D eigenvalue weighted by molar-refractivity contribution is 5.78. The van der Waals surface area contributed by atoms with Crippen molar-refractivity contribution in [1.29, 1.82) is 0 Å². The molecule has 0 rings (SSSR count). The molecule has 0 amide bonds. The second-order valence-corrected chi connectivity index (χ2v) is 7.43. The van der Waals surface area contributed by atoms with Crippen LogP contribution in [0.3, 0.4) is 0 Å². The molecule has 0 spiro atoms. The maximum Gasteiger partial charge on any atom is 0.359 e. The summed E-state index contributed by atoms with van der Waals surface area (Å²) in [5.41, 5.74) is 0. The van der Waals surface area contributed by atoms with E-state index in [9.17, 15) is 9.59 Å². The Hall–Kier alpha value is -0.900. The smallest absolute Gasteiger partial charge is 0.359 e. The van der Waals surface area contributed by atoms with Gasteiger partial charge in [-0.05, 0) is 6.42 Å². The van der Waals surface area contributed by atoms with Gasteiger partial charge in [-0.3, -0.25) is 4.79 Å². The molecule has 0 heterocycles. The van der Waals surface area contributed by atoms with Crippen molar-refractivity contribution in [3.63, 3.8) is 0 Å². The van der Waals surface area contributed by atoms with E-state index in [4.69, 9.17) is 5.11 Å². The Kier molecular flexibility index (Phi) is 13.0. The molecule has 0 radical (unpaired) electrons. The largest absolute Gasteiger partial charge is 0.477 e. The van der Waals surface area contributed by atoms with Gasteiger partial charge in [-0.25, -0.2) is 4.79 Å². The van der Waals surface area contributed by atoms with Gasteiger partial charge in [0.1, 0.15) is 5.78 Å². The number of ketones is 1. The van der Waals surface area contributed by atoms with Crippen molar-refractivity contribution in [3.8, 4) is 0 Å². The summed E-state index contributed by atoms with van der Waals surface area (Å²) in [5, 5.41) is 8.82. The number of carboxylic acid groups (broad SMARTS) is 1. The standard InChI is InChI=1S/C19H37NO3/c1-4-5-6-7-8-9-10-11-12-14-18(21)15-13-16-20(2,3)17-19(22)23/h4-17H2,1-3H3/p+1. The highest BCUT2D eigenvalue weighted by Gasteiger charge is 2.19. The topological polar surface area (TPSA) is 54.4 Å². The first-order valence-corrected chi connectivity index (χ1v) is 9.43. The third kappa shape index (κ3) is 15.8. The molecule has 0 aliphatic heterocycles. The van der Waals surface area contributed by atoms with Crippen LogP contribution in [0.2, 0.25) is 0 Å². The fourth-order valence-electron chi connectivity index (χ4n) is 2.91. The minimum absolute atomic E-state index is 0.118. The molecule has 0 aromatic heterocycles. The molecule has 0 aliphatic rings. The number of quaternary nitrogens is 1. The number of hydrogen-bond donors (Lipinski definition) is 1. The lowest BCUT2D eigenvalue weighted by Crippen LogP contribution is -2.44. The molecular formula is C19H38NO3+. The molecule has 0 aromatic rings. The number of likely N-dealkylation sites (N-methyl/N-ethyl adjacent to an activating group) is 1. The Balaban J connectivity index is 3.45. The molecule has 0 fully saturated rings. The third-order valence-electron chi connectivity index (χ3n) is 4.34. The molecule has 0 bridgehead atoms. The van der Waals surface area contributed by atoms with Crippen LogP contribution < -0.4 is 0 Å². The number of carbonyl (C=O) groups is 2. The Morgan fingerprint density at radius 3 is 1.78 bits per heavy atom. The van der Waals surface area contributed by atoms with Gasteiger partial charge >= 0.3 is 5.97 Å². The van der Waals surface area contributed by atoms with Crippen molar-refractivity contribution in [2.45, 2.75) is 84.0 Å². The quantitative estimate of drug-likeness (QED) is 0.337. The zero-order chi connectivity index (χ0) is 17.6. The Morgan fingerprint density at radius 2 is 1.26 bits per heavy atom. The van der Waals surface area contributed by atoms with Crippen LogP contribution in [0.25, 0.3) is 0 Å². The number of hydrogen-bond acceptors (Lipinski definition) is 2. The van der Waals surface area contributed by atoms with Crippen molar-refractivity contribution in [3.05, 3.63) is 0 Å². The molecule has 4 nitrogen and oxygen atoms in total. The van der Waals surface area contributed by atoms with E-state index in [0.29, 0.717) is 23.1 Å². The molecule has 0 unspecified atom stereocenters. The fraction of sp³-hybridized carbons (Fsp3) is 0.895. The summed E-state index contributed by atoms with van der Waals surface area (Å²) in [4.78, 5) is 22.6. The van der Waals surface area contributed by atoms with Gasteiger partial charge in [0.05, 0.1) is 20.6 Å². The summed E-state index contributed by atoms with van der Waals surface area (Å²) >= 11 is 0. The predicted molar refractivity (Wildman–Crippen MR) is 95.6 cm³/mol. The van der Waals surface area contributed by atoms with E-state index in [0.717, 1.165) is 19.4 Å². The van der Waals surface area contributed by atoms with E-state index in [1.807, 2.05) is 14.1 Å². The first kappa shape index (κ1) is 22.1. The van der Waals surface area contributed by atoms with Crippen molar-refractivity contribution >= 4 is 11.8 Å². The molecule has 136 valence electrons. The predicted octanol–water partition coefficient (Wildman–Crippen LogP) is 4.42. The summed E-state index contributed by atoms with van der Waals surface area (Å²) in [5.74, 6) is -0.445. The molecule has 23 heavy (non-hydrogen) atoms. The maximum atomic E-state index is 11.8. The van der Waals surface area contributed by atoms with E-state index < -0.39 is 5.97 Å². The van der Waals surface area contributed by atoms with Gasteiger partial charge < -0.3 is 9.59 Å². The maximum absolute atomic E-state index is 11.8. The summed E-state index contributed by atoms with van der Waals surface area (Å²) in [7, 11) is 3.80. The highest BCUT2D eigenvalue weighted by atomic mass is 16.4. The van der Waals surface area contributed by atoms with Gasteiger partial charge in [0.2, 0.25) is 0 Å². The Bertz CT molecular complexity index is 327. The summed E-state index contributed by atoms with van der Waals surface area (Å²) in [6.45, 7) is 3.10. The van der Waals surface area contributed by atoms with E-state index in [1.54, 1.807) is 0 Å². The number of nitrogens with zero attached hydrogens (tertiary/aromatic N) is 1. The zero-order valence-corrected chi connectivity index (χ0v) is 15.6. The molecule has 0 saturated carbocycles. The third-order valence-corrected chi connectivity index (χ3v) is 4.34. The van der Waals surface area contributed by atoms with Crippen LogP contribution in [0.1, 0.15) is 84.0 Å². The van der Waals surface area contributed by atoms with Crippen LogP contribution in [0.4, 0.5) is 0 Å². The molecule has 0 aliphatic carbocycles. The molecule has 1 N–H and O–H groups in total. The van der Waals surface area contributed by atoms with Gasteiger partial charge in [0, 0.05) is 19.3 Å². The highest BCUT2D eigenvalue weighted by Crippen LogP contribution is 2.11. The lowest BCUT2D eigenvalue weighted by molar-refractivity contribution is -0.883. The van der Waals surface area contributed by atoms with Crippen LogP contribution >= 0.6 is 0 Å². The van der Waals surface area contributed by atoms with E-state index in [1.165, 1.54) is 51.4 Å². The van der Waals surface area contributed by atoms with E-state index in [2.05, 4.69) is 6.92 Å². The van der Waals surface area contributed by atoms with Gasteiger partial charge in [-0.1, -0.05) is 58.3 Å². The number of carbonyl (C=O) groups excluding carboxylic acids is 1.